The largest absolute Gasteiger partial charge is 0.497 e. The fourth-order valence-electron chi connectivity index (χ4n) is 4.28. The van der Waals surface area contributed by atoms with Gasteiger partial charge in [0, 0.05) is 34.6 Å². The molecule has 6 heteroatoms. The first-order chi connectivity index (χ1) is 15.2. The van der Waals surface area contributed by atoms with E-state index in [2.05, 4.69) is 18.8 Å². The molecule has 2 aromatic carbocycles. The van der Waals surface area contributed by atoms with Crippen molar-refractivity contribution in [3.05, 3.63) is 71.6 Å². The molecule has 0 saturated carbocycles. The number of nitrogens with one attached hydrogen (secondary N) is 1. The third-order valence-corrected chi connectivity index (χ3v) is 5.66. The fourth-order valence-corrected chi connectivity index (χ4v) is 4.28. The van der Waals surface area contributed by atoms with Crippen molar-refractivity contribution in [1.82, 2.24) is 9.88 Å². The van der Waals surface area contributed by atoms with Crippen LogP contribution in [0.15, 0.2) is 54.7 Å². The summed E-state index contributed by atoms with van der Waals surface area (Å²) in [6.45, 7) is 8.21. The lowest BCUT2D eigenvalue weighted by Gasteiger charge is -2.29. The van der Waals surface area contributed by atoms with Crippen molar-refractivity contribution in [2.24, 2.45) is 0 Å². The number of hydrogen-bond donors (Lipinski definition) is 1. The van der Waals surface area contributed by atoms with Crippen molar-refractivity contribution in [3.63, 3.8) is 0 Å². The summed E-state index contributed by atoms with van der Waals surface area (Å²) in [6.07, 6.45) is 1.35. The summed E-state index contributed by atoms with van der Waals surface area (Å²) in [7, 11) is 1.58. The molecule has 0 radical (unpaired) electrons. The number of aromatic amines is 1. The molecule has 0 unspecified atom stereocenters. The van der Waals surface area contributed by atoms with E-state index >= 15 is 0 Å². The van der Waals surface area contributed by atoms with Crippen LogP contribution in [0.2, 0.25) is 0 Å². The molecule has 0 aliphatic carbocycles. The Labute approximate surface area is 187 Å². The highest BCUT2D eigenvalue weighted by Gasteiger charge is 2.37. The number of nitrogens with zero attached hydrogens (tertiary/aromatic N) is 1. The number of benzene rings is 2. The molecule has 1 aliphatic rings. The van der Waals surface area contributed by atoms with Gasteiger partial charge in [0.1, 0.15) is 5.75 Å². The lowest BCUT2D eigenvalue weighted by molar-refractivity contribution is -0.140. The number of methoxy groups -OCH3 is 1. The second-order valence-electron chi connectivity index (χ2n) is 8.96. The number of hydrogen-bond acceptors (Lipinski definition) is 4. The maximum absolute atomic E-state index is 13.4. The van der Waals surface area contributed by atoms with E-state index in [0.29, 0.717) is 29.1 Å². The van der Waals surface area contributed by atoms with Crippen LogP contribution >= 0.6 is 0 Å². The Kier molecular flexibility index (Phi) is 5.55. The van der Waals surface area contributed by atoms with Crippen molar-refractivity contribution in [3.8, 4) is 5.75 Å². The monoisotopic (exact) mass is 432 g/mol. The summed E-state index contributed by atoms with van der Waals surface area (Å²) in [5.41, 5.74) is 3.09. The van der Waals surface area contributed by atoms with Gasteiger partial charge >= 0.3 is 5.97 Å². The van der Waals surface area contributed by atoms with Gasteiger partial charge in [0.05, 0.1) is 24.5 Å². The van der Waals surface area contributed by atoms with Gasteiger partial charge in [0.2, 0.25) is 0 Å². The van der Waals surface area contributed by atoms with E-state index in [1.54, 1.807) is 42.5 Å². The van der Waals surface area contributed by atoms with Crippen molar-refractivity contribution >= 4 is 28.4 Å². The third-order valence-electron chi connectivity index (χ3n) is 5.66. The molecule has 2 heterocycles. The molecule has 6 nitrogen and oxygen atoms in total. The van der Waals surface area contributed by atoms with Crippen molar-refractivity contribution in [2.45, 2.75) is 39.2 Å². The minimum Gasteiger partial charge on any atom is -0.497 e. The second kappa shape index (κ2) is 8.19. The van der Waals surface area contributed by atoms with Gasteiger partial charge < -0.3 is 19.4 Å². The van der Waals surface area contributed by atoms with Crippen molar-refractivity contribution < 1.29 is 19.1 Å². The van der Waals surface area contributed by atoms with Crippen LogP contribution in [0.1, 0.15) is 49.3 Å². The number of para-hydroxylation sites is 1. The first-order valence-corrected chi connectivity index (χ1v) is 10.7. The number of aromatic nitrogens is 1. The van der Waals surface area contributed by atoms with Gasteiger partial charge in [0.15, 0.2) is 0 Å². The van der Waals surface area contributed by atoms with Crippen LogP contribution in [0, 0.1) is 0 Å². The molecule has 1 N–H and O–H groups in total. The van der Waals surface area contributed by atoms with Crippen molar-refractivity contribution in [2.75, 3.05) is 13.7 Å². The quantitative estimate of drug-likeness (QED) is 0.595. The molecule has 166 valence electrons. The first-order valence-electron chi connectivity index (χ1n) is 10.7. The van der Waals surface area contributed by atoms with Crippen molar-refractivity contribution in [1.29, 1.82) is 0 Å². The topological polar surface area (TPSA) is 71.6 Å². The summed E-state index contributed by atoms with van der Waals surface area (Å²) in [5.74, 6) is 0.0269. The van der Waals surface area contributed by atoms with Crippen LogP contribution in [0.4, 0.5) is 0 Å². The van der Waals surface area contributed by atoms with Gasteiger partial charge in [-0.15, -0.1) is 0 Å². The van der Waals surface area contributed by atoms with Crippen LogP contribution in [-0.2, 0) is 14.9 Å². The van der Waals surface area contributed by atoms with Gasteiger partial charge in [0.25, 0.3) is 5.91 Å². The molecule has 1 amide bonds. The van der Waals surface area contributed by atoms with E-state index in [4.69, 9.17) is 9.47 Å². The zero-order valence-electron chi connectivity index (χ0n) is 19.1. The van der Waals surface area contributed by atoms with Crippen LogP contribution in [-0.4, -0.2) is 41.5 Å². The Balaban J connectivity index is 1.86. The Morgan fingerprint density at radius 3 is 2.41 bits per heavy atom. The molecule has 0 spiro atoms. The summed E-state index contributed by atoms with van der Waals surface area (Å²) >= 11 is 0. The zero-order valence-corrected chi connectivity index (χ0v) is 19.1. The lowest BCUT2D eigenvalue weighted by atomic mass is 9.81. The molecule has 1 aliphatic heterocycles. The molecule has 0 bridgehead atoms. The summed E-state index contributed by atoms with van der Waals surface area (Å²) in [4.78, 5) is 31.6. The van der Waals surface area contributed by atoms with Gasteiger partial charge in [-0.3, -0.25) is 4.79 Å². The number of carbonyl (C=O) groups is 2. The summed E-state index contributed by atoms with van der Waals surface area (Å²) in [6, 6.07) is 14.9. The highest BCUT2D eigenvalue weighted by Crippen LogP contribution is 2.40. The van der Waals surface area contributed by atoms with Crippen LogP contribution in [0.3, 0.4) is 0 Å². The maximum Gasteiger partial charge on any atom is 0.342 e. The Morgan fingerprint density at radius 2 is 1.75 bits per heavy atom. The van der Waals surface area contributed by atoms with E-state index in [1.165, 1.54) is 0 Å². The van der Waals surface area contributed by atoms with E-state index < -0.39 is 11.4 Å². The lowest BCUT2D eigenvalue weighted by Crippen LogP contribution is -2.36. The first kappa shape index (κ1) is 21.7. The van der Waals surface area contributed by atoms with Crippen LogP contribution in [0.5, 0.6) is 5.75 Å². The molecule has 1 aromatic heterocycles. The van der Waals surface area contributed by atoms with E-state index in [-0.39, 0.29) is 12.0 Å². The molecule has 3 aromatic rings. The number of carbonyl (C=O) groups excluding carboxylic acids is 2. The standard InChI is InChI=1S/C26H28N2O4/c1-16(2)32-25(30)20-14-28(24(29)17-10-12-18(31-5)13-11-17)15-26(3,4)22-19-8-6-7-9-21(19)27-23(20)22/h6-14,16,27H,15H2,1-5H3. The van der Waals surface area contributed by atoms with Gasteiger partial charge in [-0.2, -0.15) is 0 Å². The number of amides is 1. The average Bonchev–Trinajstić information content (AvgIpc) is 3.10. The maximum atomic E-state index is 13.4. The molecule has 4 rings (SSSR count). The van der Waals surface area contributed by atoms with Crippen LogP contribution < -0.4 is 4.74 Å². The molecule has 0 atom stereocenters. The molecule has 0 fully saturated rings. The van der Waals surface area contributed by atoms with E-state index in [1.807, 2.05) is 38.1 Å². The highest BCUT2D eigenvalue weighted by atomic mass is 16.5. The molecular formula is C26H28N2O4. The van der Waals surface area contributed by atoms with E-state index in [0.717, 1.165) is 16.5 Å². The second-order valence-corrected chi connectivity index (χ2v) is 8.96. The Morgan fingerprint density at radius 1 is 1.06 bits per heavy atom. The molecular weight excluding hydrogens is 404 g/mol. The van der Waals surface area contributed by atoms with Gasteiger partial charge in [-0.25, -0.2) is 4.79 Å². The minimum absolute atomic E-state index is 0.190. The minimum atomic E-state index is -0.460. The summed E-state index contributed by atoms with van der Waals surface area (Å²) in [5, 5.41) is 1.04. The predicted molar refractivity (Wildman–Crippen MR) is 125 cm³/mol. The molecule has 0 saturated heterocycles. The van der Waals surface area contributed by atoms with Gasteiger partial charge in [-0.05, 0) is 49.7 Å². The molecule has 32 heavy (non-hydrogen) atoms. The predicted octanol–water partition coefficient (Wildman–Crippen LogP) is 4.90. The number of rotatable bonds is 4. The Bertz CT molecular complexity index is 1200. The third kappa shape index (κ3) is 3.88. The highest BCUT2D eigenvalue weighted by molar-refractivity contribution is 6.18. The number of H-pyrrole nitrogens is 1. The van der Waals surface area contributed by atoms with Crippen LogP contribution in [0.25, 0.3) is 16.5 Å². The Hall–Kier alpha value is -3.54. The zero-order chi connectivity index (χ0) is 23.0. The average molecular weight is 433 g/mol. The normalized spacial score (nSPS) is 15.2. The number of fused-ring (bicyclic) bond motifs is 3. The number of esters is 1. The number of ether oxygens (including phenoxy) is 2. The van der Waals surface area contributed by atoms with E-state index in [9.17, 15) is 9.59 Å². The SMILES string of the molecule is COc1ccc(C(=O)N2C=C(C(=O)OC(C)C)c3[nH]c4ccccc4c3C(C)(C)C2)cc1. The smallest absolute Gasteiger partial charge is 0.342 e. The fraction of sp³-hybridized carbons (Fsp3) is 0.308. The van der Waals surface area contributed by atoms with Gasteiger partial charge in [-0.1, -0.05) is 32.0 Å². The summed E-state index contributed by atoms with van der Waals surface area (Å²) < 4.78 is 10.8.